The molecule has 1 aliphatic rings. The third-order valence-electron chi connectivity index (χ3n) is 3.52. The van der Waals surface area contributed by atoms with Crippen LogP contribution in [-0.2, 0) is 9.53 Å². The van der Waals surface area contributed by atoms with Crippen molar-refractivity contribution >= 4 is 23.8 Å². The number of hydrogen-bond donors (Lipinski definition) is 0. The first kappa shape index (κ1) is 17.2. The van der Waals surface area contributed by atoms with Crippen molar-refractivity contribution in [3.63, 3.8) is 0 Å². The molecule has 0 saturated heterocycles. The number of nitro groups is 1. The summed E-state index contributed by atoms with van der Waals surface area (Å²) in [5, 5.41) is 10.7. The molecule has 2 aromatic carbocycles. The van der Waals surface area contributed by atoms with Gasteiger partial charge in [-0.15, -0.1) is 0 Å². The standard InChI is InChI=1S/C19H15NO6/c21-19(9-7-14-3-1-5-16(11-14)20(22)23)24-10-2-4-15-6-8-17-18(12-15)26-13-25-17/h1-9,11-12H,10,13H2/b4-2+,9-7+. The Morgan fingerprint density at radius 1 is 1.12 bits per heavy atom. The van der Waals surface area contributed by atoms with E-state index < -0.39 is 10.9 Å². The number of nitro benzene ring substituents is 1. The molecular formula is C19H15NO6. The van der Waals surface area contributed by atoms with Crippen molar-refractivity contribution < 1.29 is 23.9 Å². The first-order valence-corrected chi connectivity index (χ1v) is 7.77. The van der Waals surface area contributed by atoms with Gasteiger partial charge < -0.3 is 14.2 Å². The highest BCUT2D eigenvalue weighted by Crippen LogP contribution is 2.32. The molecule has 7 nitrogen and oxygen atoms in total. The molecule has 0 fully saturated rings. The highest BCUT2D eigenvalue weighted by Gasteiger charge is 2.12. The molecule has 7 heteroatoms. The molecule has 0 N–H and O–H groups in total. The van der Waals surface area contributed by atoms with Crippen LogP contribution in [0.4, 0.5) is 5.69 Å². The summed E-state index contributed by atoms with van der Waals surface area (Å²) in [5.74, 6) is 0.857. The zero-order chi connectivity index (χ0) is 18.4. The van der Waals surface area contributed by atoms with Gasteiger partial charge in [-0.2, -0.15) is 0 Å². The average Bonchev–Trinajstić information content (AvgIpc) is 3.11. The van der Waals surface area contributed by atoms with Crippen LogP contribution in [0.5, 0.6) is 11.5 Å². The topological polar surface area (TPSA) is 87.9 Å². The second kappa shape index (κ2) is 7.98. The van der Waals surface area contributed by atoms with Crippen LogP contribution in [0.3, 0.4) is 0 Å². The van der Waals surface area contributed by atoms with E-state index in [-0.39, 0.29) is 19.1 Å². The summed E-state index contributed by atoms with van der Waals surface area (Å²) in [6.07, 6.45) is 6.21. The Kier molecular flexibility index (Phi) is 5.28. The maximum absolute atomic E-state index is 11.7. The quantitative estimate of drug-likeness (QED) is 0.341. The van der Waals surface area contributed by atoms with E-state index in [1.807, 2.05) is 18.2 Å². The van der Waals surface area contributed by atoms with Crippen molar-refractivity contribution in [2.24, 2.45) is 0 Å². The average molecular weight is 353 g/mol. The normalized spacial score (nSPS) is 12.6. The van der Waals surface area contributed by atoms with Gasteiger partial charge in [-0.1, -0.05) is 24.3 Å². The monoisotopic (exact) mass is 353 g/mol. The Bertz CT molecular complexity index is 887. The Labute approximate surface area is 149 Å². The molecule has 0 bridgehead atoms. The van der Waals surface area contributed by atoms with Gasteiger partial charge in [0.15, 0.2) is 11.5 Å². The molecule has 26 heavy (non-hydrogen) atoms. The van der Waals surface area contributed by atoms with Crippen molar-refractivity contribution in [2.75, 3.05) is 13.4 Å². The summed E-state index contributed by atoms with van der Waals surface area (Å²) in [4.78, 5) is 21.9. The lowest BCUT2D eigenvalue weighted by Gasteiger charge is -1.99. The number of carbonyl (C=O) groups is 1. The summed E-state index contributed by atoms with van der Waals surface area (Å²) in [5.41, 5.74) is 1.41. The molecule has 0 atom stereocenters. The number of fused-ring (bicyclic) bond motifs is 1. The number of hydrogen-bond acceptors (Lipinski definition) is 6. The Morgan fingerprint density at radius 2 is 1.92 bits per heavy atom. The Morgan fingerprint density at radius 3 is 2.77 bits per heavy atom. The third-order valence-corrected chi connectivity index (χ3v) is 3.52. The number of non-ortho nitro benzene ring substituents is 1. The van der Waals surface area contributed by atoms with Gasteiger partial charge in [0.05, 0.1) is 4.92 Å². The van der Waals surface area contributed by atoms with Crippen LogP contribution in [0.1, 0.15) is 11.1 Å². The molecule has 0 saturated carbocycles. The van der Waals surface area contributed by atoms with Crippen LogP contribution in [0.15, 0.2) is 54.6 Å². The van der Waals surface area contributed by atoms with Crippen LogP contribution in [0.25, 0.3) is 12.2 Å². The van der Waals surface area contributed by atoms with E-state index >= 15 is 0 Å². The fourth-order valence-corrected chi connectivity index (χ4v) is 2.29. The lowest BCUT2D eigenvalue weighted by atomic mass is 10.2. The number of rotatable bonds is 6. The lowest BCUT2D eigenvalue weighted by Crippen LogP contribution is -1.99. The fraction of sp³-hybridized carbons (Fsp3) is 0.105. The van der Waals surface area contributed by atoms with E-state index in [0.29, 0.717) is 17.1 Å². The highest BCUT2D eigenvalue weighted by molar-refractivity contribution is 5.87. The van der Waals surface area contributed by atoms with Gasteiger partial charge in [-0.3, -0.25) is 10.1 Å². The molecule has 1 aliphatic heterocycles. The molecule has 132 valence electrons. The van der Waals surface area contributed by atoms with Gasteiger partial charge >= 0.3 is 5.97 Å². The molecule has 0 unspecified atom stereocenters. The molecule has 0 aromatic heterocycles. The summed E-state index contributed by atoms with van der Waals surface area (Å²) < 4.78 is 15.6. The number of benzene rings is 2. The minimum Gasteiger partial charge on any atom is -0.458 e. The smallest absolute Gasteiger partial charge is 0.331 e. The van der Waals surface area contributed by atoms with Crippen LogP contribution in [0.2, 0.25) is 0 Å². The number of esters is 1. The number of carbonyl (C=O) groups excluding carboxylic acids is 1. The van der Waals surface area contributed by atoms with Crippen molar-refractivity contribution in [1.29, 1.82) is 0 Å². The molecule has 0 spiro atoms. The lowest BCUT2D eigenvalue weighted by molar-refractivity contribution is -0.384. The number of ether oxygens (including phenoxy) is 3. The summed E-state index contributed by atoms with van der Waals surface area (Å²) in [7, 11) is 0. The zero-order valence-electron chi connectivity index (χ0n) is 13.7. The molecule has 1 heterocycles. The van der Waals surface area contributed by atoms with Gasteiger partial charge in [-0.05, 0) is 35.4 Å². The van der Waals surface area contributed by atoms with Crippen LogP contribution in [0, 0.1) is 10.1 Å². The number of nitrogens with zero attached hydrogens (tertiary/aromatic N) is 1. The van der Waals surface area contributed by atoms with E-state index in [4.69, 9.17) is 14.2 Å². The van der Waals surface area contributed by atoms with Gasteiger partial charge in [-0.25, -0.2) is 4.79 Å². The van der Waals surface area contributed by atoms with E-state index in [2.05, 4.69) is 0 Å². The van der Waals surface area contributed by atoms with Crippen molar-refractivity contribution in [2.45, 2.75) is 0 Å². The van der Waals surface area contributed by atoms with Crippen LogP contribution in [-0.4, -0.2) is 24.3 Å². The summed E-state index contributed by atoms with van der Waals surface area (Å²) >= 11 is 0. The van der Waals surface area contributed by atoms with Crippen molar-refractivity contribution in [1.82, 2.24) is 0 Å². The first-order chi connectivity index (χ1) is 12.6. The largest absolute Gasteiger partial charge is 0.458 e. The van der Waals surface area contributed by atoms with E-state index in [9.17, 15) is 14.9 Å². The molecular weight excluding hydrogens is 338 g/mol. The minimum atomic E-state index is -0.535. The van der Waals surface area contributed by atoms with Crippen LogP contribution >= 0.6 is 0 Å². The van der Waals surface area contributed by atoms with Crippen molar-refractivity contribution in [3.8, 4) is 11.5 Å². The molecule has 0 aliphatic carbocycles. The van der Waals surface area contributed by atoms with Gasteiger partial charge in [0, 0.05) is 18.2 Å². The van der Waals surface area contributed by atoms with Crippen molar-refractivity contribution in [3.05, 3.63) is 75.9 Å². The predicted molar refractivity (Wildman–Crippen MR) is 94.7 cm³/mol. The second-order valence-electron chi connectivity index (χ2n) is 5.33. The molecule has 0 radical (unpaired) electrons. The van der Waals surface area contributed by atoms with E-state index in [1.54, 1.807) is 24.3 Å². The summed E-state index contributed by atoms with van der Waals surface area (Å²) in [6.45, 7) is 0.323. The van der Waals surface area contributed by atoms with Gasteiger partial charge in [0.25, 0.3) is 5.69 Å². The van der Waals surface area contributed by atoms with Crippen LogP contribution < -0.4 is 9.47 Å². The van der Waals surface area contributed by atoms with Gasteiger partial charge in [0.1, 0.15) is 6.61 Å². The maximum atomic E-state index is 11.7. The van der Waals surface area contributed by atoms with Gasteiger partial charge in [0.2, 0.25) is 6.79 Å². The predicted octanol–water partition coefficient (Wildman–Crippen LogP) is 3.59. The fourth-order valence-electron chi connectivity index (χ4n) is 2.29. The SMILES string of the molecule is O=C(/C=C/c1cccc([N+](=O)[O-])c1)OC/C=C/c1ccc2c(c1)OCO2. The molecule has 2 aromatic rings. The first-order valence-electron chi connectivity index (χ1n) is 7.77. The maximum Gasteiger partial charge on any atom is 0.331 e. The molecule has 3 rings (SSSR count). The molecule has 0 amide bonds. The minimum absolute atomic E-state index is 0.0350. The highest BCUT2D eigenvalue weighted by atomic mass is 16.7. The van der Waals surface area contributed by atoms with E-state index in [1.165, 1.54) is 24.3 Å². The zero-order valence-corrected chi connectivity index (χ0v) is 13.7. The Balaban J connectivity index is 1.49. The van der Waals surface area contributed by atoms with E-state index in [0.717, 1.165) is 5.56 Å². The Hall–Kier alpha value is -3.61. The summed E-state index contributed by atoms with van der Waals surface area (Å²) in [6, 6.07) is 11.5. The third kappa shape index (κ3) is 4.47. The second-order valence-corrected chi connectivity index (χ2v) is 5.33.